The molecule has 0 saturated heterocycles. The molecule has 0 bridgehead atoms. The van der Waals surface area contributed by atoms with E-state index in [2.05, 4.69) is 49.6 Å². The van der Waals surface area contributed by atoms with Gasteiger partial charge in [0.05, 0.1) is 16.7 Å². The number of para-hydroxylation sites is 2. The molecule has 6 heteroatoms. The van der Waals surface area contributed by atoms with E-state index in [0.29, 0.717) is 28.7 Å². The van der Waals surface area contributed by atoms with Crippen molar-refractivity contribution in [1.29, 1.82) is 0 Å². The summed E-state index contributed by atoms with van der Waals surface area (Å²) in [6.45, 7) is 13.6. The summed E-state index contributed by atoms with van der Waals surface area (Å²) >= 11 is 0. The minimum Gasteiger partial charge on any atom is -0.478 e. The van der Waals surface area contributed by atoms with Crippen LogP contribution in [0.1, 0.15) is 62.3 Å². The lowest BCUT2D eigenvalue weighted by molar-refractivity contribution is 0.0697. The fourth-order valence-corrected chi connectivity index (χ4v) is 2.67. The maximum Gasteiger partial charge on any atom is 0.337 e. The molecule has 0 aliphatic carbocycles. The molecule has 0 atom stereocenters. The summed E-state index contributed by atoms with van der Waals surface area (Å²) in [5, 5.41) is 18.1. The number of rotatable bonds is 9. The van der Waals surface area contributed by atoms with Gasteiger partial charge in [-0.15, -0.1) is 6.42 Å². The Kier molecular flexibility index (Phi) is 11.0. The second-order valence-electron chi connectivity index (χ2n) is 9.17. The molecule has 0 aromatic heterocycles. The van der Waals surface area contributed by atoms with Gasteiger partial charge in [0, 0.05) is 24.5 Å². The minimum absolute atomic E-state index is 0.158. The molecule has 0 fully saturated rings. The lowest BCUT2D eigenvalue weighted by atomic mass is 10.1. The number of carboxylic acid groups (broad SMARTS) is 1. The highest BCUT2D eigenvalue weighted by molar-refractivity contribution is 6.00. The van der Waals surface area contributed by atoms with Crippen LogP contribution in [-0.2, 0) is 0 Å². The fourth-order valence-electron chi connectivity index (χ4n) is 2.67. The van der Waals surface area contributed by atoms with E-state index in [9.17, 15) is 9.59 Å². The fraction of sp³-hybridized carbons (Fsp3) is 0.407. The lowest BCUT2D eigenvalue weighted by Gasteiger charge is -2.21. The molecular weight excluding hydrogens is 414 g/mol. The first-order chi connectivity index (χ1) is 15.5. The SMILES string of the molecule is C#CC(C)(C)NC(=O)c1ccccc1NCC(C)C.CC(C)CNc1ccccc1C(=O)O. The molecule has 0 unspecified atom stereocenters. The number of carbonyl (C=O) groups is 2. The first kappa shape index (κ1) is 27.6. The summed E-state index contributed by atoms with van der Waals surface area (Å²) in [5.41, 5.74) is 1.82. The van der Waals surface area contributed by atoms with Gasteiger partial charge in [-0.2, -0.15) is 0 Å². The Hall–Kier alpha value is -3.46. The van der Waals surface area contributed by atoms with Crippen LogP contribution in [-0.4, -0.2) is 35.6 Å². The molecule has 0 saturated carbocycles. The minimum atomic E-state index is -0.892. The van der Waals surface area contributed by atoms with Crippen LogP contribution in [0, 0.1) is 24.2 Å². The Morgan fingerprint density at radius 3 is 1.73 bits per heavy atom. The largest absolute Gasteiger partial charge is 0.478 e. The van der Waals surface area contributed by atoms with E-state index < -0.39 is 11.5 Å². The first-order valence-electron chi connectivity index (χ1n) is 11.2. The van der Waals surface area contributed by atoms with Gasteiger partial charge in [-0.25, -0.2) is 4.79 Å². The molecule has 0 aliphatic rings. The summed E-state index contributed by atoms with van der Waals surface area (Å²) in [4.78, 5) is 23.1. The van der Waals surface area contributed by atoms with Gasteiger partial charge in [0.25, 0.3) is 5.91 Å². The highest BCUT2D eigenvalue weighted by atomic mass is 16.4. The van der Waals surface area contributed by atoms with Gasteiger partial charge < -0.3 is 21.1 Å². The molecule has 0 aliphatic heterocycles. The number of amides is 1. The van der Waals surface area contributed by atoms with Crippen LogP contribution in [0.15, 0.2) is 48.5 Å². The number of carbonyl (C=O) groups excluding carboxylic acids is 1. The van der Waals surface area contributed by atoms with E-state index in [1.807, 2.05) is 24.3 Å². The van der Waals surface area contributed by atoms with Crippen molar-refractivity contribution in [2.75, 3.05) is 23.7 Å². The number of anilines is 2. The summed E-state index contributed by atoms with van der Waals surface area (Å²) in [7, 11) is 0. The topological polar surface area (TPSA) is 90.5 Å². The molecule has 0 spiro atoms. The Morgan fingerprint density at radius 1 is 0.879 bits per heavy atom. The maximum atomic E-state index is 12.2. The second kappa shape index (κ2) is 13.2. The molecule has 0 radical (unpaired) electrons. The van der Waals surface area contributed by atoms with Crippen molar-refractivity contribution in [2.45, 2.75) is 47.1 Å². The number of carboxylic acids is 1. The smallest absolute Gasteiger partial charge is 0.337 e. The van der Waals surface area contributed by atoms with Crippen LogP contribution in [0.4, 0.5) is 11.4 Å². The van der Waals surface area contributed by atoms with Gasteiger partial charge in [0.15, 0.2) is 0 Å². The Balaban J connectivity index is 0.000000346. The van der Waals surface area contributed by atoms with Crippen LogP contribution in [0.5, 0.6) is 0 Å². The number of aromatic carboxylic acids is 1. The van der Waals surface area contributed by atoms with Crippen LogP contribution in [0.25, 0.3) is 0 Å². The van der Waals surface area contributed by atoms with Crippen molar-refractivity contribution >= 4 is 23.3 Å². The van der Waals surface area contributed by atoms with E-state index in [4.69, 9.17) is 11.5 Å². The van der Waals surface area contributed by atoms with Gasteiger partial charge in [0.1, 0.15) is 0 Å². The monoisotopic (exact) mass is 451 g/mol. The molecule has 178 valence electrons. The Morgan fingerprint density at radius 2 is 1.30 bits per heavy atom. The highest BCUT2D eigenvalue weighted by Crippen LogP contribution is 2.17. The van der Waals surface area contributed by atoms with Gasteiger partial charge in [-0.3, -0.25) is 4.79 Å². The average Bonchev–Trinajstić information content (AvgIpc) is 2.76. The van der Waals surface area contributed by atoms with E-state index >= 15 is 0 Å². The maximum absolute atomic E-state index is 12.2. The summed E-state index contributed by atoms with van der Waals surface area (Å²) in [6.07, 6.45) is 5.39. The number of nitrogens with one attached hydrogen (secondary N) is 3. The Bertz CT molecular complexity index is 959. The molecule has 2 aromatic carbocycles. The Labute approximate surface area is 198 Å². The first-order valence-corrected chi connectivity index (χ1v) is 11.2. The van der Waals surface area contributed by atoms with Gasteiger partial charge in [0.2, 0.25) is 0 Å². The van der Waals surface area contributed by atoms with Crippen molar-refractivity contribution in [3.05, 3.63) is 59.7 Å². The van der Waals surface area contributed by atoms with E-state index in [-0.39, 0.29) is 5.91 Å². The van der Waals surface area contributed by atoms with Gasteiger partial charge in [-0.1, -0.05) is 57.9 Å². The molecule has 4 N–H and O–H groups in total. The molecule has 33 heavy (non-hydrogen) atoms. The van der Waals surface area contributed by atoms with Gasteiger partial charge >= 0.3 is 5.97 Å². The van der Waals surface area contributed by atoms with Crippen molar-refractivity contribution in [1.82, 2.24) is 5.32 Å². The summed E-state index contributed by atoms with van der Waals surface area (Å²) in [5.74, 6) is 2.52. The molecule has 0 heterocycles. The number of benzene rings is 2. The molecule has 6 nitrogen and oxygen atoms in total. The summed E-state index contributed by atoms with van der Waals surface area (Å²) < 4.78 is 0. The number of hydrogen-bond acceptors (Lipinski definition) is 4. The number of hydrogen-bond donors (Lipinski definition) is 4. The highest BCUT2D eigenvalue weighted by Gasteiger charge is 2.19. The van der Waals surface area contributed by atoms with Crippen molar-refractivity contribution < 1.29 is 14.7 Å². The molecule has 2 aromatic rings. The standard InChI is InChI=1S/C16H22N2O.C11H15NO2/c1-6-16(4,5)18-15(19)13-9-7-8-10-14(13)17-11-12(2)3;1-8(2)7-12-10-6-4-3-5-9(10)11(13)14/h1,7-10,12,17H,11H2,2-5H3,(H,18,19);3-6,8,12H,7H2,1-2H3,(H,13,14). The third kappa shape index (κ3) is 10.1. The van der Waals surface area contributed by atoms with E-state index in [0.717, 1.165) is 18.8 Å². The number of terminal acetylenes is 1. The van der Waals surface area contributed by atoms with Crippen molar-refractivity contribution in [3.63, 3.8) is 0 Å². The van der Waals surface area contributed by atoms with Crippen LogP contribution < -0.4 is 16.0 Å². The molecule has 1 amide bonds. The van der Waals surface area contributed by atoms with Crippen LogP contribution >= 0.6 is 0 Å². The zero-order valence-corrected chi connectivity index (χ0v) is 20.5. The predicted molar refractivity (Wildman–Crippen MR) is 137 cm³/mol. The zero-order chi connectivity index (χ0) is 25.0. The predicted octanol–water partition coefficient (Wildman–Crippen LogP) is 5.35. The van der Waals surface area contributed by atoms with Crippen LogP contribution in [0.2, 0.25) is 0 Å². The summed E-state index contributed by atoms with van der Waals surface area (Å²) in [6, 6.07) is 14.4. The normalized spacial score (nSPS) is 10.6. The van der Waals surface area contributed by atoms with Crippen molar-refractivity contribution in [2.24, 2.45) is 11.8 Å². The van der Waals surface area contributed by atoms with Crippen molar-refractivity contribution in [3.8, 4) is 12.3 Å². The molecular formula is C27H37N3O3. The van der Waals surface area contributed by atoms with Gasteiger partial charge in [-0.05, 0) is 49.9 Å². The average molecular weight is 452 g/mol. The second-order valence-corrected chi connectivity index (χ2v) is 9.17. The van der Waals surface area contributed by atoms with Crippen LogP contribution in [0.3, 0.4) is 0 Å². The quantitative estimate of drug-likeness (QED) is 0.386. The third-order valence-corrected chi connectivity index (χ3v) is 4.52. The third-order valence-electron chi connectivity index (χ3n) is 4.52. The zero-order valence-electron chi connectivity index (χ0n) is 20.5. The van der Waals surface area contributed by atoms with E-state index in [1.54, 1.807) is 38.1 Å². The molecule has 2 rings (SSSR count). The van der Waals surface area contributed by atoms with E-state index in [1.165, 1.54) is 0 Å². The lowest BCUT2D eigenvalue weighted by Crippen LogP contribution is -2.42.